The van der Waals surface area contributed by atoms with Crippen molar-refractivity contribution in [1.29, 1.82) is 0 Å². The number of nitrogens with one attached hydrogen (secondary N) is 1. The van der Waals surface area contributed by atoms with E-state index in [4.69, 9.17) is 0 Å². The Hall–Kier alpha value is -4.14. The van der Waals surface area contributed by atoms with Crippen LogP contribution in [0.4, 0.5) is 18.9 Å². The molecule has 6 rings (SSSR count). The summed E-state index contributed by atoms with van der Waals surface area (Å²) in [6.07, 6.45) is 1.96. The van der Waals surface area contributed by atoms with Crippen molar-refractivity contribution in [2.45, 2.75) is 37.0 Å². The number of fused-ring (bicyclic) bond motifs is 1. The van der Waals surface area contributed by atoms with Crippen LogP contribution in [0.3, 0.4) is 0 Å². The highest BCUT2D eigenvalue weighted by Gasteiger charge is 2.53. The van der Waals surface area contributed by atoms with Gasteiger partial charge in [-0.2, -0.15) is 5.10 Å². The molecule has 2 heterocycles. The number of amides is 2. The Labute approximate surface area is 204 Å². The number of halogens is 3. The molecule has 2 aliphatic rings. The smallest absolute Gasteiger partial charge is 0.257 e. The van der Waals surface area contributed by atoms with Gasteiger partial charge in [0, 0.05) is 17.5 Å². The summed E-state index contributed by atoms with van der Waals surface area (Å²) < 4.78 is 43.1. The van der Waals surface area contributed by atoms with E-state index in [0.29, 0.717) is 16.9 Å². The number of rotatable bonds is 5. The van der Waals surface area contributed by atoms with Crippen molar-refractivity contribution in [1.82, 2.24) is 15.1 Å². The highest BCUT2D eigenvalue weighted by atomic mass is 19.1. The van der Waals surface area contributed by atoms with E-state index in [2.05, 4.69) is 10.4 Å². The Bertz CT molecular complexity index is 1480. The van der Waals surface area contributed by atoms with Crippen molar-refractivity contribution in [2.75, 3.05) is 4.90 Å². The number of carbonyl (C=O) groups is 2. The number of benzene rings is 3. The van der Waals surface area contributed by atoms with Gasteiger partial charge in [-0.25, -0.2) is 17.9 Å². The Morgan fingerprint density at radius 3 is 2.25 bits per heavy atom. The zero-order chi connectivity index (χ0) is 25.0. The third-order valence-electron chi connectivity index (χ3n) is 6.85. The van der Waals surface area contributed by atoms with Crippen molar-refractivity contribution in [2.24, 2.45) is 0 Å². The van der Waals surface area contributed by atoms with Crippen molar-refractivity contribution >= 4 is 28.4 Å². The minimum absolute atomic E-state index is 0.0171. The molecule has 0 bridgehead atoms. The van der Waals surface area contributed by atoms with Gasteiger partial charge in [0.25, 0.3) is 5.91 Å². The average molecular weight is 490 g/mol. The number of hydrogen-bond acceptors (Lipinski definition) is 3. The highest BCUT2D eigenvalue weighted by molar-refractivity contribution is 6.00. The summed E-state index contributed by atoms with van der Waals surface area (Å²) in [6, 6.07) is 15.7. The molecule has 1 aliphatic heterocycles. The zero-order valence-electron chi connectivity index (χ0n) is 19.0. The fourth-order valence-electron chi connectivity index (χ4n) is 4.80. The normalized spacial score (nSPS) is 20.6. The van der Waals surface area contributed by atoms with Gasteiger partial charge in [0.1, 0.15) is 11.6 Å². The van der Waals surface area contributed by atoms with Crippen LogP contribution in [-0.4, -0.2) is 33.3 Å². The second-order valence-electron chi connectivity index (χ2n) is 9.29. The van der Waals surface area contributed by atoms with E-state index >= 15 is 0 Å². The van der Waals surface area contributed by atoms with Crippen LogP contribution in [0.2, 0.25) is 0 Å². The number of nitrogens with zero attached hydrogens (tertiary/aromatic N) is 3. The van der Waals surface area contributed by atoms with Crippen molar-refractivity contribution < 1.29 is 22.8 Å². The molecule has 1 N–H and O–H groups in total. The van der Waals surface area contributed by atoms with Gasteiger partial charge in [-0.3, -0.25) is 9.59 Å². The maximum Gasteiger partial charge on any atom is 0.257 e. The molecule has 1 aliphatic carbocycles. The van der Waals surface area contributed by atoms with Crippen LogP contribution in [0.25, 0.3) is 16.6 Å². The SMILES string of the molecule is O=C1CC(NC(=O)C2(F)CC2)C(c2ccc(F)cc2)N1c1ccc2c(cnn2-c2ccc(F)cc2)c1. The first-order valence-corrected chi connectivity index (χ1v) is 11.6. The number of aromatic nitrogens is 2. The quantitative estimate of drug-likeness (QED) is 0.438. The summed E-state index contributed by atoms with van der Waals surface area (Å²) >= 11 is 0. The van der Waals surface area contributed by atoms with E-state index in [0.717, 1.165) is 10.9 Å². The van der Waals surface area contributed by atoms with Gasteiger partial charge in [0.2, 0.25) is 5.91 Å². The van der Waals surface area contributed by atoms with Crippen LogP contribution < -0.4 is 10.2 Å². The standard InChI is InChI=1S/C27H21F3N4O2/c28-18-3-1-16(2-4-18)25-22(32-26(36)27(30)11-12-27)14-24(35)33(25)21-9-10-23-17(13-21)15-31-34(23)20-7-5-19(29)6-8-20/h1-10,13,15,22,25H,11-12,14H2,(H,32,36). The minimum atomic E-state index is -1.88. The lowest BCUT2D eigenvalue weighted by Crippen LogP contribution is -2.44. The Kier molecular flexibility index (Phi) is 5.10. The second-order valence-corrected chi connectivity index (χ2v) is 9.29. The molecule has 2 unspecified atom stereocenters. The average Bonchev–Trinajstić information content (AvgIpc) is 3.35. The minimum Gasteiger partial charge on any atom is -0.348 e. The molecule has 2 atom stereocenters. The van der Waals surface area contributed by atoms with Crippen molar-refractivity contribution in [3.8, 4) is 5.69 Å². The molecule has 1 saturated heterocycles. The molecule has 2 amide bonds. The molecule has 182 valence electrons. The highest BCUT2D eigenvalue weighted by Crippen LogP contribution is 2.42. The lowest BCUT2D eigenvalue weighted by atomic mass is 9.99. The van der Waals surface area contributed by atoms with E-state index in [9.17, 15) is 22.8 Å². The Morgan fingerprint density at radius 2 is 1.58 bits per heavy atom. The van der Waals surface area contributed by atoms with Crippen molar-refractivity contribution in [3.05, 3.63) is 90.1 Å². The van der Waals surface area contributed by atoms with Crippen LogP contribution in [0, 0.1) is 11.6 Å². The van der Waals surface area contributed by atoms with Gasteiger partial charge in [-0.1, -0.05) is 12.1 Å². The predicted octanol–water partition coefficient (Wildman–Crippen LogP) is 4.77. The first kappa shape index (κ1) is 22.3. The third kappa shape index (κ3) is 3.80. The molecule has 4 aromatic rings. The molecule has 0 radical (unpaired) electrons. The lowest BCUT2D eigenvalue weighted by Gasteiger charge is -2.29. The monoisotopic (exact) mass is 490 g/mol. The lowest BCUT2D eigenvalue weighted by molar-refractivity contribution is -0.128. The number of carbonyl (C=O) groups excluding carboxylic acids is 2. The maximum atomic E-state index is 14.4. The van der Waals surface area contributed by atoms with Crippen LogP contribution in [0.15, 0.2) is 72.9 Å². The number of alkyl halides is 1. The number of hydrogen-bond donors (Lipinski definition) is 1. The fourth-order valence-corrected chi connectivity index (χ4v) is 4.80. The van der Waals surface area contributed by atoms with Crippen LogP contribution >= 0.6 is 0 Å². The maximum absolute atomic E-state index is 14.4. The summed E-state index contributed by atoms with van der Waals surface area (Å²) in [5, 5.41) is 7.88. The van der Waals surface area contributed by atoms with Crippen LogP contribution in [0.5, 0.6) is 0 Å². The topological polar surface area (TPSA) is 67.2 Å². The van der Waals surface area contributed by atoms with E-state index in [1.54, 1.807) is 52.2 Å². The summed E-state index contributed by atoms with van der Waals surface area (Å²) in [7, 11) is 0. The van der Waals surface area contributed by atoms with Gasteiger partial charge in [-0.15, -0.1) is 0 Å². The molecule has 6 nitrogen and oxygen atoms in total. The summed E-state index contributed by atoms with van der Waals surface area (Å²) in [4.78, 5) is 27.3. The van der Waals surface area contributed by atoms with Gasteiger partial charge in [0.05, 0.1) is 29.5 Å². The first-order valence-electron chi connectivity index (χ1n) is 11.6. The zero-order valence-corrected chi connectivity index (χ0v) is 19.0. The van der Waals surface area contributed by atoms with Gasteiger partial charge in [0.15, 0.2) is 5.67 Å². The first-order chi connectivity index (χ1) is 17.3. The Balaban J connectivity index is 1.38. The molecule has 1 aromatic heterocycles. The predicted molar refractivity (Wildman–Crippen MR) is 127 cm³/mol. The third-order valence-corrected chi connectivity index (χ3v) is 6.85. The van der Waals surface area contributed by atoms with Crippen LogP contribution in [-0.2, 0) is 9.59 Å². The molecule has 2 fully saturated rings. The Morgan fingerprint density at radius 1 is 0.944 bits per heavy atom. The van der Waals surface area contributed by atoms with Gasteiger partial charge < -0.3 is 10.2 Å². The molecule has 3 aromatic carbocycles. The fraction of sp³-hybridized carbons (Fsp3) is 0.222. The second kappa shape index (κ2) is 8.22. The molecular formula is C27H21F3N4O2. The van der Waals surface area contributed by atoms with E-state index < -0.39 is 29.5 Å². The van der Waals surface area contributed by atoms with E-state index in [1.807, 2.05) is 6.07 Å². The summed E-state index contributed by atoms with van der Waals surface area (Å²) in [5.74, 6) is -1.74. The molecular weight excluding hydrogens is 469 g/mol. The molecule has 0 spiro atoms. The molecule has 36 heavy (non-hydrogen) atoms. The molecule has 9 heteroatoms. The van der Waals surface area contributed by atoms with E-state index in [1.165, 1.54) is 24.3 Å². The number of anilines is 1. The molecule has 1 saturated carbocycles. The van der Waals surface area contributed by atoms with Gasteiger partial charge in [-0.05, 0) is 73.0 Å². The summed E-state index contributed by atoms with van der Waals surface area (Å²) in [5.41, 5.74) is 0.756. The van der Waals surface area contributed by atoms with E-state index in [-0.39, 0.29) is 31.0 Å². The largest absolute Gasteiger partial charge is 0.348 e. The van der Waals surface area contributed by atoms with Gasteiger partial charge >= 0.3 is 0 Å². The van der Waals surface area contributed by atoms with Crippen LogP contribution in [0.1, 0.15) is 30.9 Å². The van der Waals surface area contributed by atoms with Crippen molar-refractivity contribution in [3.63, 3.8) is 0 Å². The summed E-state index contributed by atoms with van der Waals surface area (Å²) in [6.45, 7) is 0.